The zero-order chi connectivity index (χ0) is 14.8. The smallest absolute Gasteiger partial charge is 0.144 e. The summed E-state index contributed by atoms with van der Waals surface area (Å²) in [5, 5.41) is 9.32. The van der Waals surface area contributed by atoms with Crippen LogP contribution in [0.25, 0.3) is 17.1 Å². The summed E-state index contributed by atoms with van der Waals surface area (Å²) in [5.41, 5.74) is 8.79. The van der Waals surface area contributed by atoms with Crippen molar-refractivity contribution in [2.75, 3.05) is 5.73 Å². The second-order valence-electron chi connectivity index (χ2n) is 4.52. The van der Waals surface area contributed by atoms with E-state index in [9.17, 15) is 5.26 Å². The minimum absolute atomic E-state index is 0.576. The Hall–Kier alpha value is -2.58. The first kappa shape index (κ1) is 13.4. The fraction of sp³-hybridized carbons (Fsp3) is 0. The lowest BCUT2D eigenvalue weighted by Gasteiger charge is -2.10. The number of nitriles is 1. The largest absolute Gasteiger partial charge is 0.399 e. The van der Waals surface area contributed by atoms with Gasteiger partial charge in [0.1, 0.15) is 11.9 Å². The number of nitrogens with two attached hydrogens (primary N) is 1. The van der Waals surface area contributed by atoms with Gasteiger partial charge in [0.05, 0.1) is 11.3 Å². The molecule has 1 aromatic heterocycles. The SMILES string of the molecule is N#Cc1cc(Br)ccc1-n1ccnc1-c1cccc(N)c1. The Morgan fingerprint density at radius 1 is 1.19 bits per heavy atom. The van der Waals surface area contributed by atoms with Gasteiger partial charge in [-0.15, -0.1) is 0 Å². The molecule has 0 saturated heterocycles. The standard InChI is InChI=1S/C16H11BrN4/c17-13-4-5-15(12(8-13)10-18)21-7-6-20-16(21)11-2-1-3-14(19)9-11/h1-9H,19H2. The van der Waals surface area contributed by atoms with E-state index in [4.69, 9.17) is 5.73 Å². The molecule has 3 rings (SSSR count). The minimum atomic E-state index is 0.576. The molecule has 0 saturated carbocycles. The predicted octanol–water partition coefficient (Wildman–Crippen LogP) is 3.76. The van der Waals surface area contributed by atoms with Crippen molar-refractivity contribution < 1.29 is 0 Å². The number of hydrogen-bond donors (Lipinski definition) is 1. The molecule has 1 heterocycles. The van der Waals surface area contributed by atoms with Gasteiger partial charge < -0.3 is 5.73 Å². The minimum Gasteiger partial charge on any atom is -0.399 e. The van der Waals surface area contributed by atoms with Crippen LogP contribution in [0.5, 0.6) is 0 Å². The molecule has 21 heavy (non-hydrogen) atoms. The van der Waals surface area contributed by atoms with E-state index in [1.165, 1.54) is 0 Å². The van der Waals surface area contributed by atoms with Crippen LogP contribution < -0.4 is 5.73 Å². The number of benzene rings is 2. The molecule has 0 aliphatic carbocycles. The molecule has 0 bridgehead atoms. The van der Waals surface area contributed by atoms with Gasteiger partial charge in [-0.3, -0.25) is 4.57 Å². The highest BCUT2D eigenvalue weighted by Gasteiger charge is 2.11. The summed E-state index contributed by atoms with van der Waals surface area (Å²) in [7, 11) is 0. The third kappa shape index (κ3) is 2.54. The van der Waals surface area contributed by atoms with Crippen LogP contribution in [0.4, 0.5) is 5.69 Å². The zero-order valence-corrected chi connectivity index (χ0v) is 12.6. The molecule has 3 aromatic rings. The molecule has 0 atom stereocenters. The van der Waals surface area contributed by atoms with Crippen LogP contribution in [0.1, 0.15) is 5.56 Å². The number of aromatic nitrogens is 2. The Balaban J connectivity index is 2.19. The van der Waals surface area contributed by atoms with Crippen LogP contribution in [-0.2, 0) is 0 Å². The maximum absolute atomic E-state index is 9.32. The third-order valence-corrected chi connectivity index (χ3v) is 3.62. The molecule has 0 radical (unpaired) electrons. The van der Waals surface area contributed by atoms with E-state index in [0.717, 1.165) is 21.5 Å². The molecule has 2 aromatic carbocycles. The first-order chi connectivity index (χ1) is 10.2. The van der Waals surface area contributed by atoms with Gasteiger partial charge in [0.25, 0.3) is 0 Å². The van der Waals surface area contributed by atoms with Crippen molar-refractivity contribution in [3.05, 3.63) is 64.9 Å². The van der Waals surface area contributed by atoms with Gasteiger partial charge >= 0.3 is 0 Å². The van der Waals surface area contributed by atoms with E-state index in [1.807, 2.05) is 47.2 Å². The number of halogens is 1. The second-order valence-corrected chi connectivity index (χ2v) is 5.44. The Morgan fingerprint density at radius 3 is 2.81 bits per heavy atom. The average molecular weight is 339 g/mol. The monoisotopic (exact) mass is 338 g/mol. The van der Waals surface area contributed by atoms with Crippen molar-refractivity contribution in [2.45, 2.75) is 0 Å². The molecular weight excluding hydrogens is 328 g/mol. The highest BCUT2D eigenvalue weighted by atomic mass is 79.9. The zero-order valence-electron chi connectivity index (χ0n) is 11.0. The summed E-state index contributed by atoms with van der Waals surface area (Å²) in [5.74, 6) is 0.751. The number of nitrogen functional groups attached to an aromatic ring is 1. The van der Waals surface area contributed by atoms with E-state index in [1.54, 1.807) is 12.3 Å². The lowest BCUT2D eigenvalue weighted by Crippen LogP contribution is -1.99. The van der Waals surface area contributed by atoms with E-state index in [0.29, 0.717) is 11.3 Å². The number of imidazole rings is 1. The van der Waals surface area contributed by atoms with Crippen LogP contribution in [0.15, 0.2) is 59.3 Å². The van der Waals surface area contributed by atoms with Gasteiger partial charge in [-0.25, -0.2) is 4.98 Å². The molecule has 0 spiro atoms. The van der Waals surface area contributed by atoms with Crippen LogP contribution in [-0.4, -0.2) is 9.55 Å². The summed E-state index contributed by atoms with van der Waals surface area (Å²) < 4.78 is 2.76. The van der Waals surface area contributed by atoms with Gasteiger partial charge in [0.15, 0.2) is 0 Å². The first-order valence-electron chi connectivity index (χ1n) is 6.28. The van der Waals surface area contributed by atoms with Gasteiger partial charge in [-0.05, 0) is 30.3 Å². The number of hydrogen-bond acceptors (Lipinski definition) is 3. The first-order valence-corrected chi connectivity index (χ1v) is 7.07. The normalized spacial score (nSPS) is 10.3. The van der Waals surface area contributed by atoms with E-state index in [2.05, 4.69) is 27.0 Å². The molecule has 5 heteroatoms. The summed E-state index contributed by atoms with van der Waals surface area (Å²) in [6.07, 6.45) is 3.55. The van der Waals surface area contributed by atoms with Crippen LogP contribution in [0.3, 0.4) is 0 Å². The van der Waals surface area contributed by atoms with E-state index in [-0.39, 0.29) is 0 Å². The second kappa shape index (κ2) is 5.43. The molecule has 102 valence electrons. The molecule has 0 unspecified atom stereocenters. The number of anilines is 1. The van der Waals surface area contributed by atoms with E-state index >= 15 is 0 Å². The highest BCUT2D eigenvalue weighted by Crippen LogP contribution is 2.26. The van der Waals surface area contributed by atoms with Crippen LogP contribution in [0, 0.1) is 11.3 Å². The van der Waals surface area contributed by atoms with Crippen molar-refractivity contribution in [3.8, 4) is 23.1 Å². The molecule has 0 amide bonds. The number of rotatable bonds is 2. The fourth-order valence-electron chi connectivity index (χ4n) is 2.20. The Bertz CT molecular complexity index is 845. The van der Waals surface area contributed by atoms with Gasteiger partial charge in [-0.1, -0.05) is 28.1 Å². The molecule has 4 nitrogen and oxygen atoms in total. The highest BCUT2D eigenvalue weighted by molar-refractivity contribution is 9.10. The summed E-state index contributed by atoms with van der Waals surface area (Å²) in [4.78, 5) is 4.39. The molecule has 0 aliphatic heterocycles. The molecule has 0 fully saturated rings. The van der Waals surface area contributed by atoms with Crippen molar-refractivity contribution in [3.63, 3.8) is 0 Å². The van der Waals surface area contributed by atoms with Crippen molar-refractivity contribution in [1.29, 1.82) is 5.26 Å². The van der Waals surface area contributed by atoms with Gasteiger partial charge in [0.2, 0.25) is 0 Å². The van der Waals surface area contributed by atoms with E-state index < -0.39 is 0 Å². The third-order valence-electron chi connectivity index (χ3n) is 3.12. The van der Waals surface area contributed by atoms with Gasteiger partial charge in [0, 0.05) is 28.1 Å². The lowest BCUT2D eigenvalue weighted by molar-refractivity contribution is 1.06. The Labute approximate surface area is 130 Å². The quantitative estimate of drug-likeness (QED) is 0.723. The van der Waals surface area contributed by atoms with Crippen LogP contribution >= 0.6 is 15.9 Å². The van der Waals surface area contributed by atoms with Crippen LogP contribution in [0.2, 0.25) is 0 Å². The molecule has 0 aliphatic rings. The van der Waals surface area contributed by atoms with Crippen molar-refractivity contribution >= 4 is 21.6 Å². The molecular formula is C16H11BrN4. The maximum Gasteiger partial charge on any atom is 0.144 e. The summed E-state index contributed by atoms with van der Waals surface area (Å²) in [6.45, 7) is 0. The van der Waals surface area contributed by atoms with Crippen molar-refractivity contribution in [1.82, 2.24) is 9.55 Å². The average Bonchev–Trinajstić information content (AvgIpc) is 2.96. The summed E-state index contributed by atoms with van der Waals surface area (Å²) in [6, 6.07) is 15.3. The molecule has 2 N–H and O–H groups in total. The fourth-order valence-corrected chi connectivity index (χ4v) is 2.56. The predicted molar refractivity (Wildman–Crippen MR) is 85.8 cm³/mol. The lowest BCUT2D eigenvalue weighted by atomic mass is 10.1. The Kier molecular flexibility index (Phi) is 3.46. The number of nitrogens with zero attached hydrogens (tertiary/aromatic N) is 3. The Morgan fingerprint density at radius 2 is 2.05 bits per heavy atom. The maximum atomic E-state index is 9.32. The summed E-state index contributed by atoms with van der Waals surface area (Å²) >= 11 is 3.38. The van der Waals surface area contributed by atoms with Crippen molar-refractivity contribution in [2.24, 2.45) is 0 Å². The topological polar surface area (TPSA) is 67.6 Å². The van der Waals surface area contributed by atoms with Gasteiger partial charge in [-0.2, -0.15) is 5.26 Å².